The summed E-state index contributed by atoms with van der Waals surface area (Å²) in [5.41, 5.74) is 2.56. The lowest BCUT2D eigenvalue weighted by Crippen LogP contribution is -2.44. The Morgan fingerprint density at radius 1 is 1.31 bits per heavy atom. The van der Waals surface area contributed by atoms with Crippen LogP contribution in [0.2, 0.25) is 0 Å². The number of fused-ring (bicyclic) bond motifs is 1. The Morgan fingerprint density at radius 3 is 3.00 bits per heavy atom. The van der Waals surface area contributed by atoms with Crippen LogP contribution < -0.4 is 5.32 Å². The van der Waals surface area contributed by atoms with Gasteiger partial charge in [0, 0.05) is 25.2 Å². The predicted molar refractivity (Wildman–Crippen MR) is 63.4 cm³/mol. The minimum Gasteiger partial charge on any atom is -0.383 e. The molecule has 1 atom stereocenters. The molecule has 16 heavy (non-hydrogen) atoms. The van der Waals surface area contributed by atoms with E-state index in [1.54, 1.807) is 0 Å². The molecule has 3 nitrogen and oxygen atoms in total. The highest BCUT2D eigenvalue weighted by atomic mass is 16.2. The van der Waals surface area contributed by atoms with Crippen molar-refractivity contribution >= 4 is 11.6 Å². The molecule has 84 valence electrons. The second-order valence-electron chi connectivity index (χ2n) is 4.59. The minimum atomic E-state index is 0.325. The van der Waals surface area contributed by atoms with Crippen molar-refractivity contribution in [1.82, 2.24) is 4.90 Å². The van der Waals surface area contributed by atoms with E-state index in [0.717, 1.165) is 32.4 Å². The van der Waals surface area contributed by atoms with Gasteiger partial charge in [0.25, 0.3) is 0 Å². The van der Waals surface area contributed by atoms with Crippen LogP contribution in [0.3, 0.4) is 0 Å². The van der Waals surface area contributed by atoms with E-state index in [-0.39, 0.29) is 0 Å². The maximum Gasteiger partial charge on any atom is 0.222 e. The summed E-state index contributed by atoms with van der Waals surface area (Å²) in [5, 5.41) is 3.42. The van der Waals surface area contributed by atoms with E-state index in [1.807, 2.05) is 11.0 Å². The summed E-state index contributed by atoms with van der Waals surface area (Å²) in [6.45, 7) is 1.83. The molecule has 0 saturated carbocycles. The molecule has 1 aromatic rings. The van der Waals surface area contributed by atoms with Crippen molar-refractivity contribution in [3.8, 4) is 0 Å². The first kappa shape index (κ1) is 9.70. The molecule has 2 aliphatic heterocycles. The predicted octanol–water partition coefficient (Wildman–Crippen LogP) is 1.65. The van der Waals surface area contributed by atoms with Crippen LogP contribution in [-0.4, -0.2) is 29.9 Å². The van der Waals surface area contributed by atoms with Crippen molar-refractivity contribution in [2.24, 2.45) is 0 Å². The van der Waals surface area contributed by atoms with Crippen molar-refractivity contribution in [2.45, 2.75) is 25.3 Å². The molecule has 3 rings (SSSR count). The number of amides is 1. The van der Waals surface area contributed by atoms with Crippen LogP contribution in [0.5, 0.6) is 0 Å². The van der Waals surface area contributed by atoms with Gasteiger partial charge in [-0.25, -0.2) is 0 Å². The van der Waals surface area contributed by atoms with E-state index in [2.05, 4.69) is 23.5 Å². The Bertz CT molecular complexity index is 416. The van der Waals surface area contributed by atoms with Gasteiger partial charge in [0.15, 0.2) is 0 Å². The van der Waals surface area contributed by atoms with Gasteiger partial charge in [0.1, 0.15) is 0 Å². The van der Waals surface area contributed by atoms with Crippen LogP contribution in [-0.2, 0) is 11.2 Å². The quantitative estimate of drug-likeness (QED) is 0.774. The Morgan fingerprint density at radius 2 is 2.19 bits per heavy atom. The number of hydrogen-bond acceptors (Lipinski definition) is 2. The van der Waals surface area contributed by atoms with Crippen molar-refractivity contribution in [3.63, 3.8) is 0 Å². The highest BCUT2D eigenvalue weighted by molar-refractivity contribution is 5.78. The average molecular weight is 216 g/mol. The lowest BCUT2D eigenvalue weighted by atomic mass is 9.99. The molecule has 1 N–H and O–H groups in total. The second-order valence-corrected chi connectivity index (χ2v) is 4.59. The third-order valence-corrected chi connectivity index (χ3v) is 3.55. The average Bonchev–Trinajstić information content (AvgIpc) is 2.75. The summed E-state index contributed by atoms with van der Waals surface area (Å²) in [4.78, 5) is 13.7. The Kier molecular flexibility index (Phi) is 2.31. The van der Waals surface area contributed by atoms with Crippen LogP contribution in [0.15, 0.2) is 24.3 Å². The van der Waals surface area contributed by atoms with E-state index in [4.69, 9.17) is 0 Å². The van der Waals surface area contributed by atoms with Crippen LogP contribution in [0, 0.1) is 0 Å². The zero-order valence-corrected chi connectivity index (χ0v) is 9.28. The minimum absolute atomic E-state index is 0.325. The van der Waals surface area contributed by atoms with Crippen LogP contribution >= 0.6 is 0 Å². The van der Waals surface area contributed by atoms with Gasteiger partial charge >= 0.3 is 0 Å². The fraction of sp³-hybridized carbons (Fsp3) is 0.462. The van der Waals surface area contributed by atoms with Crippen LogP contribution in [0.25, 0.3) is 0 Å². The number of benzene rings is 1. The Hall–Kier alpha value is -1.51. The topological polar surface area (TPSA) is 32.3 Å². The highest BCUT2D eigenvalue weighted by Crippen LogP contribution is 2.25. The number of anilines is 1. The number of likely N-dealkylation sites (tertiary alicyclic amines) is 1. The molecule has 0 bridgehead atoms. The van der Waals surface area contributed by atoms with Gasteiger partial charge in [0.05, 0.1) is 6.04 Å². The number of nitrogens with zero attached hydrogens (tertiary/aromatic N) is 1. The van der Waals surface area contributed by atoms with Crippen molar-refractivity contribution < 1.29 is 4.79 Å². The monoisotopic (exact) mass is 216 g/mol. The third kappa shape index (κ3) is 1.56. The molecule has 1 fully saturated rings. The Labute approximate surface area is 95.4 Å². The van der Waals surface area contributed by atoms with E-state index in [9.17, 15) is 4.79 Å². The zero-order chi connectivity index (χ0) is 11.0. The molecule has 1 amide bonds. The third-order valence-electron chi connectivity index (χ3n) is 3.55. The number of nitrogens with one attached hydrogen (secondary N) is 1. The van der Waals surface area contributed by atoms with Gasteiger partial charge < -0.3 is 10.2 Å². The molecule has 0 aliphatic carbocycles. The van der Waals surface area contributed by atoms with Crippen LogP contribution in [0.4, 0.5) is 5.69 Å². The summed E-state index contributed by atoms with van der Waals surface area (Å²) in [6, 6.07) is 8.72. The summed E-state index contributed by atoms with van der Waals surface area (Å²) in [5.74, 6) is 0.325. The molecule has 1 saturated heterocycles. The van der Waals surface area contributed by atoms with E-state index in [0.29, 0.717) is 11.9 Å². The lowest BCUT2D eigenvalue weighted by molar-refractivity contribution is -0.129. The van der Waals surface area contributed by atoms with Crippen molar-refractivity contribution in [3.05, 3.63) is 29.8 Å². The maximum atomic E-state index is 11.7. The number of para-hydroxylation sites is 1. The zero-order valence-electron chi connectivity index (χ0n) is 9.28. The van der Waals surface area contributed by atoms with Gasteiger partial charge in [-0.05, 0) is 24.5 Å². The SMILES string of the molecule is O=C1CCCN1[C@@H]1CNc2ccccc2C1. The van der Waals surface area contributed by atoms with E-state index in [1.165, 1.54) is 11.3 Å². The molecule has 1 aromatic carbocycles. The molecule has 0 aromatic heterocycles. The summed E-state index contributed by atoms with van der Waals surface area (Å²) < 4.78 is 0. The van der Waals surface area contributed by atoms with Gasteiger partial charge in [0.2, 0.25) is 5.91 Å². The first-order valence-electron chi connectivity index (χ1n) is 5.96. The lowest BCUT2D eigenvalue weighted by Gasteiger charge is -2.33. The summed E-state index contributed by atoms with van der Waals surface area (Å²) in [6.07, 6.45) is 2.75. The fourth-order valence-electron chi connectivity index (χ4n) is 2.70. The number of rotatable bonds is 1. The summed E-state index contributed by atoms with van der Waals surface area (Å²) >= 11 is 0. The molecule has 0 radical (unpaired) electrons. The van der Waals surface area contributed by atoms with Gasteiger partial charge in [-0.15, -0.1) is 0 Å². The molecule has 3 heteroatoms. The molecule has 2 heterocycles. The Balaban J connectivity index is 1.80. The van der Waals surface area contributed by atoms with Gasteiger partial charge in [-0.2, -0.15) is 0 Å². The molecule has 0 unspecified atom stereocenters. The van der Waals surface area contributed by atoms with E-state index >= 15 is 0 Å². The first-order valence-corrected chi connectivity index (χ1v) is 5.96. The highest BCUT2D eigenvalue weighted by Gasteiger charge is 2.30. The molecular weight excluding hydrogens is 200 g/mol. The fourth-order valence-corrected chi connectivity index (χ4v) is 2.70. The maximum absolute atomic E-state index is 11.7. The van der Waals surface area contributed by atoms with E-state index < -0.39 is 0 Å². The standard InChI is InChI=1S/C13H16N2O/c16-13-6-3-7-15(13)11-8-10-4-1-2-5-12(10)14-9-11/h1-2,4-5,11,14H,3,6-9H2/t11-/m0/s1. The molecule has 2 aliphatic rings. The largest absolute Gasteiger partial charge is 0.383 e. The smallest absolute Gasteiger partial charge is 0.222 e. The van der Waals surface area contributed by atoms with Crippen LogP contribution in [0.1, 0.15) is 18.4 Å². The number of hydrogen-bond donors (Lipinski definition) is 1. The number of carbonyl (C=O) groups excluding carboxylic acids is 1. The number of carbonyl (C=O) groups is 1. The normalized spacial score (nSPS) is 24.1. The molecular formula is C13H16N2O. The second kappa shape index (κ2) is 3.81. The molecule has 0 spiro atoms. The summed E-state index contributed by atoms with van der Waals surface area (Å²) in [7, 11) is 0. The first-order chi connectivity index (χ1) is 7.84. The van der Waals surface area contributed by atoms with Crippen molar-refractivity contribution in [1.29, 1.82) is 0 Å². The van der Waals surface area contributed by atoms with Crippen molar-refractivity contribution in [2.75, 3.05) is 18.4 Å². The van der Waals surface area contributed by atoms with Gasteiger partial charge in [-0.1, -0.05) is 18.2 Å². The van der Waals surface area contributed by atoms with Gasteiger partial charge in [-0.3, -0.25) is 4.79 Å².